The van der Waals surface area contributed by atoms with Crippen molar-refractivity contribution in [2.45, 2.75) is 20.4 Å². The second-order valence-corrected chi connectivity index (χ2v) is 9.78. The molecular weight excluding hydrogens is 538 g/mol. The van der Waals surface area contributed by atoms with Gasteiger partial charge in [-0.1, -0.05) is 48.0 Å². The number of benzene rings is 3. The Labute approximate surface area is 235 Å². The van der Waals surface area contributed by atoms with E-state index in [1.54, 1.807) is 48.5 Å². The van der Waals surface area contributed by atoms with Crippen molar-refractivity contribution in [3.63, 3.8) is 0 Å². The number of halogens is 1. The molecule has 0 bridgehead atoms. The lowest BCUT2D eigenvalue weighted by molar-refractivity contribution is -0.123. The van der Waals surface area contributed by atoms with E-state index in [2.05, 4.69) is 10.3 Å². The average molecular weight is 564 g/mol. The average Bonchev–Trinajstić information content (AvgIpc) is 3.27. The fourth-order valence-corrected chi connectivity index (χ4v) is 4.76. The molecule has 3 aromatic carbocycles. The van der Waals surface area contributed by atoms with Crippen LogP contribution in [0.5, 0.6) is 11.5 Å². The summed E-state index contributed by atoms with van der Waals surface area (Å²) >= 11 is 7.07. The van der Waals surface area contributed by atoms with E-state index in [9.17, 15) is 14.4 Å². The van der Waals surface area contributed by atoms with Gasteiger partial charge in [-0.15, -0.1) is 0 Å². The van der Waals surface area contributed by atoms with Gasteiger partial charge in [0.15, 0.2) is 23.3 Å². The van der Waals surface area contributed by atoms with Gasteiger partial charge in [-0.3, -0.25) is 19.3 Å². The SMILES string of the molecule is CCOc1cc(/C=C2/SC(N(C(C)=O)c3ccc(Cl)cc3)=NC2=O)ccc1OCC(=O)NCc1ccccc1. The first kappa shape index (κ1) is 27.9. The highest BCUT2D eigenvalue weighted by Gasteiger charge is 2.29. The van der Waals surface area contributed by atoms with Crippen LogP contribution in [0.15, 0.2) is 82.7 Å². The molecule has 0 fully saturated rings. The molecule has 39 heavy (non-hydrogen) atoms. The number of carbonyl (C=O) groups is 3. The Morgan fingerprint density at radius 1 is 1.03 bits per heavy atom. The largest absolute Gasteiger partial charge is 0.490 e. The highest BCUT2D eigenvalue weighted by molar-refractivity contribution is 8.19. The summed E-state index contributed by atoms with van der Waals surface area (Å²) < 4.78 is 11.4. The molecule has 8 nitrogen and oxygen atoms in total. The molecule has 0 radical (unpaired) electrons. The van der Waals surface area contributed by atoms with E-state index >= 15 is 0 Å². The first-order valence-corrected chi connectivity index (χ1v) is 13.3. The number of carbonyl (C=O) groups excluding carboxylic acids is 3. The van der Waals surface area contributed by atoms with Crippen LogP contribution in [0.4, 0.5) is 5.69 Å². The molecule has 0 saturated heterocycles. The van der Waals surface area contributed by atoms with Crippen molar-refractivity contribution in [3.05, 3.63) is 93.9 Å². The quantitative estimate of drug-likeness (QED) is 0.347. The van der Waals surface area contributed by atoms with Gasteiger partial charge in [0, 0.05) is 18.5 Å². The summed E-state index contributed by atoms with van der Waals surface area (Å²) in [7, 11) is 0. The number of ether oxygens (including phenoxy) is 2. The zero-order valence-corrected chi connectivity index (χ0v) is 22.9. The van der Waals surface area contributed by atoms with Crippen molar-refractivity contribution < 1.29 is 23.9 Å². The number of nitrogens with one attached hydrogen (secondary N) is 1. The zero-order valence-electron chi connectivity index (χ0n) is 21.3. The smallest absolute Gasteiger partial charge is 0.286 e. The molecule has 0 atom stereocenters. The van der Waals surface area contributed by atoms with E-state index in [1.807, 2.05) is 37.3 Å². The van der Waals surface area contributed by atoms with Gasteiger partial charge < -0.3 is 14.8 Å². The molecule has 1 aliphatic rings. The summed E-state index contributed by atoms with van der Waals surface area (Å²) in [6, 6.07) is 21.5. The van der Waals surface area contributed by atoms with Crippen LogP contribution in [0.2, 0.25) is 5.02 Å². The normalized spacial score (nSPS) is 13.7. The van der Waals surface area contributed by atoms with E-state index in [-0.39, 0.29) is 23.6 Å². The zero-order chi connectivity index (χ0) is 27.8. The van der Waals surface area contributed by atoms with Gasteiger partial charge in [0.2, 0.25) is 5.91 Å². The number of thioether (sulfide) groups is 1. The number of anilines is 1. The molecule has 1 heterocycles. The Morgan fingerprint density at radius 2 is 1.77 bits per heavy atom. The first-order valence-electron chi connectivity index (χ1n) is 12.1. The maximum absolute atomic E-state index is 12.7. The summed E-state index contributed by atoms with van der Waals surface area (Å²) in [5, 5.41) is 3.61. The molecule has 200 valence electrons. The van der Waals surface area contributed by atoms with Crippen molar-refractivity contribution in [1.29, 1.82) is 0 Å². The molecule has 0 unspecified atom stereocenters. The van der Waals surface area contributed by atoms with Gasteiger partial charge in [0.25, 0.3) is 11.8 Å². The summed E-state index contributed by atoms with van der Waals surface area (Å²) in [5.74, 6) is -0.164. The summed E-state index contributed by atoms with van der Waals surface area (Å²) in [6.07, 6.45) is 1.67. The summed E-state index contributed by atoms with van der Waals surface area (Å²) in [4.78, 5) is 43.1. The highest BCUT2D eigenvalue weighted by atomic mass is 35.5. The Kier molecular flexibility index (Phi) is 9.40. The van der Waals surface area contributed by atoms with E-state index < -0.39 is 5.91 Å². The topological polar surface area (TPSA) is 97.3 Å². The predicted octanol–water partition coefficient (Wildman–Crippen LogP) is 5.46. The monoisotopic (exact) mass is 563 g/mol. The minimum atomic E-state index is -0.455. The van der Waals surface area contributed by atoms with Gasteiger partial charge >= 0.3 is 0 Å². The lowest BCUT2D eigenvalue weighted by Gasteiger charge is -2.19. The fourth-order valence-electron chi connectivity index (χ4n) is 3.65. The second kappa shape index (κ2) is 13.1. The van der Waals surface area contributed by atoms with E-state index in [1.165, 1.54) is 11.8 Å². The van der Waals surface area contributed by atoms with Crippen LogP contribution in [0.3, 0.4) is 0 Å². The summed E-state index contributed by atoms with van der Waals surface area (Å²) in [6.45, 7) is 3.85. The molecule has 0 aliphatic carbocycles. The van der Waals surface area contributed by atoms with Crippen LogP contribution in [0, 0.1) is 0 Å². The Balaban J connectivity index is 1.44. The van der Waals surface area contributed by atoms with Crippen LogP contribution in [0.1, 0.15) is 25.0 Å². The lowest BCUT2D eigenvalue weighted by Crippen LogP contribution is -2.32. The number of amidine groups is 1. The predicted molar refractivity (Wildman–Crippen MR) is 154 cm³/mol. The molecule has 0 saturated carbocycles. The van der Waals surface area contributed by atoms with E-state index in [0.29, 0.717) is 45.8 Å². The lowest BCUT2D eigenvalue weighted by atomic mass is 10.2. The van der Waals surface area contributed by atoms with Crippen molar-refractivity contribution in [3.8, 4) is 11.5 Å². The first-order chi connectivity index (χ1) is 18.8. The minimum Gasteiger partial charge on any atom is -0.490 e. The number of hydrogen-bond donors (Lipinski definition) is 1. The maximum atomic E-state index is 12.7. The van der Waals surface area contributed by atoms with E-state index in [0.717, 1.165) is 17.3 Å². The Hall–Kier alpha value is -4.08. The molecule has 1 N–H and O–H groups in total. The number of hydrogen-bond acceptors (Lipinski definition) is 6. The third-order valence-electron chi connectivity index (χ3n) is 5.46. The standard InChI is InChI=1S/C29H26ClN3O5S/c1-3-37-25-15-21(9-14-24(25)38-18-27(35)31-17-20-7-5-4-6-8-20)16-26-28(36)32-29(39-26)33(19(2)34)23-12-10-22(30)11-13-23/h4-16H,3,17-18H2,1-2H3,(H,31,35)/b26-16+. The Bertz CT molecular complexity index is 1420. The molecule has 1 aliphatic heterocycles. The van der Waals surface area contributed by atoms with Gasteiger partial charge in [-0.2, -0.15) is 4.99 Å². The van der Waals surface area contributed by atoms with Crippen molar-refractivity contribution in [2.24, 2.45) is 4.99 Å². The van der Waals surface area contributed by atoms with Crippen LogP contribution in [-0.4, -0.2) is 36.1 Å². The number of aliphatic imine (C=N–C) groups is 1. The number of rotatable bonds is 9. The van der Waals surface area contributed by atoms with Gasteiger partial charge in [-0.25, -0.2) is 0 Å². The fraction of sp³-hybridized carbons (Fsp3) is 0.172. The van der Waals surface area contributed by atoms with Crippen molar-refractivity contribution in [1.82, 2.24) is 5.32 Å². The van der Waals surface area contributed by atoms with Gasteiger partial charge in [0.1, 0.15) is 0 Å². The maximum Gasteiger partial charge on any atom is 0.286 e. The van der Waals surface area contributed by atoms with Crippen molar-refractivity contribution >= 4 is 58.0 Å². The third kappa shape index (κ3) is 7.49. The Morgan fingerprint density at radius 3 is 2.46 bits per heavy atom. The molecule has 0 aromatic heterocycles. The number of nitrogens with zero attached hydrogens (tertiary/aromatic N) is 2. The van der Waals surface area contributed by atoms with Crippen LogP contribution < -0.4 is 19.7 Å². The molecule has 3 aromatic rings. The minimum absolute atomic E-state index is 0.176. The second-order valence-electron chi connectivity index (χ2n) is 8.33. The van der Waals surface area contributed by atoms with E-state index in [4.69, 9.17) is 21.1 Å². The van der Waals surface area contributed by atoms with Crippen LogP contribution in [-0.2, 0) is 20.9 Å². The molecule has 10 heteroatoms. The number of amides is 3. The van der Waals surface area contributed by atoms with Crippen LogP contribution in [0.25, 0.3) is 6.08 Å². The third-order valence-corrected chi connectivity index (χ3v) is 6.68. The van der Waals surface area contributed by atoms with Crippen molar-refractivity contribution in [2.75, 3.05) is 18.1 Å². The molecule has 3 amide bonds. The summed E-state index contributed by atoms with van der Waals surface area (Å²) in [5.41, 5.74) is 2.22. The molecule has 4 rings (SSSR count). The highest BCUT2D eigenvalue weighted by Crippen LogP contribution is 2.35. The van der Waals surface area contributed by atoms with Crippen LogP contribution >= 0.6 is 23.4 Å². The molecule has 0 spiro atoms. The van der Waals surface area contributed by atoms with Gasteiger partial charge in [0.05, 0.1) is 17.2 Å². The molecular formula is C29H26ClN3O5S. The van der Waals surface area contributed by atoms with Gasteiger partial charge in [-0.05, 0) is 72.3 Å².